The van der Waals surface area contributed by atoms with Gasteiger partial charge >= 0.3 is 0 Å². The average molecular weight is 319 g/mol. The van der Waals surface area contributed by atoms with Crippen molar-refractivity contribution in [3.8, 4) is 22.4 Å². The Morgan fingerprint density at radius 1 is 0.520 bits per heavy atom. The Bertz CT molecular complexity index is 1170. The smallest absolute Gasteiger partial charge is 0.0544 e. The van der Waals surface area contributed by atoms with E-state index >= 15 is 0 Å². The monoisotopic (exact) mass is 319 g/mol. The molecule has 1 heterocycles. The molecule has 5 rings (SSSR count). The maximum Gasteiger partial charge on any atom is 0.0544 e. The second kappa shape index (κ2) is 5.64. The lowest BCUT2D eigenvalue weighted by Crippen LogP contribution is -1.82. The van der Waals surface area contributed by atoms with Crippen molar-refractivity contribution in [1.82, 2.24) is 4.98 Å². The summed E-state index contributed by atoms with van der Waals surface area (Å²) in [5.74, 6) is 0. The third kappa shape index (κ3) is 2.25. The number of H-pyrrole nitrogens is 1. The number of aromatic nitrogens is 1. The van der Waals surface area contributed by atoms with E-state index in [1.807, 2.05) is 0 Å². The van der Waals surface area contributed by atoms with E-state index in [4.69, 9.17) is 0 Å². The van der Waals surface area contributed by atoms with E-state index < -0.39 is 0 Å². The van der Waals surface area contributed by atoms with Crippen molar-refractivity contribution < 1.29 is 0 Å². The molecule has 0 bridgehead atoms. The van der Waals surface area contributed by atoms with E-state index in [9.17, 15) is 0 Å². The SMILES string of the molecule is c1ccc(-c2[nH]c3ccc4ccccc4c3c2-c2ccccc2)cc1. The largest absolute Gasteiger partial charge is 0.354 e. The van der Waals surface area contributed by atoms with Crippen LogP contribution in [0.1, 0.15) is 0 Å². The standard InChI is InChI=1S/C24H17N/c1-3-10-18(11-4-1)22-23-20-14-8-7-9-17(20)15-16-21(23)25-24(22)19-12-5-2-6-13-19/h1-16,25H. The Balaban J connectivity index is 1.96. The molecule has 0 amide bonds. The molecule has 0 spiro atoms. The van der Waals surface area contributed by atoms with Crippen molar-refractivity contribution in [2.24, 2.45) is 0 Å². The summed E-state index contributed by atoms with van der Waals surface area (Å²) in [6, 6.07) is 34.2. The van der Waals surface area contributed by atoms with Gasteiger partial charge in [0.1, 0.15) is 0 Å². The molecule has 4 aromatic carbocycles. The Hall–Kier alpha value is -3.32. The zero-order chi connectivity index (χ0) is 16.6. The van der Waals surface area contributed by atoms with Gasteiger partial charge in [-0.15, -0.1) is 0 Å². The maximum atomic E-state index is 3.67. The Morgan fingerprint density at radius 2 is 1.16 bits per heavy atom. The maximum absolute atomic E-state index is 3.67. The molecule has 0 fully saturated rings. The van der Waals surface area contributed by atoms with Crippen LogP contribution in [-0.2, 0) is 0 Å². The molecule has 0 saturated heterocycles. The Kier molecular flexibility index (Phi) is 3.17. The molecule has 0 atom stereocenters. The number of hydrogen-bond donors (Lipinski definition) is 1. The molecule has 0 saturated carbocycles. The van der Waals surface area contributed by atoms with E-state index in [-0.39, 0.29) is 0 Å². The molecule has 0 unspecified atom stereocenters. The summed E-state index contributed by atoms with van der Waals surface area (Å²) >= 11 is 0. The van der Waals surface area contributed by atoms with Crippen molar-refractivity contribution in [3.05, 3.63) is 97.1 Å². The fraction of sp³-hybridized carbons (Fsp3) is 0. The number of aromatic amines is 1. The minimum Gasteiger partial charge on any atom is -0.354 e. The first-order valence-electron chi connectivity index (χ1n) is 8.56. The molecule has 0 radical (unpaired) electrons. The van der Waals surface area contributed by atoms with Crippen molar-refractivity contribution in [1.29, 1.82) is 0 Å². The van der Waals surface area contributed by atoms with Gasteiger partial charge in [0.2, 0.25) is 0 Å². The Labute approximate surface area is 146 Å². The lowest BCUT2D eigenvalue weighted by Gasteiger charge is -2.07. The Morgan fingerprint density at radius 3 is 1.92 bits per heavy atom. The topological polar surface area (TPSA) is 15.8 Å². The van der Waals surface area contributed by atoms with Gasteiger partial charge in [-0.3, -0.25) is 0 Å². The van der Waals surface area contributed by atoms with E-state index in [1.54, 1.807) is 0 Å². The highest BCUT2D eigenvalue weighted by atomic mass is 14.7. The average Bonchev–Trinajstić information content (AvgIpc) is 3.09. The first-order chi connectivity index (χ1) is 12.4. The molecule has 1 heteroatoms. The molecule has 25 heavy (non-hydrogen) atoms. The predicted molar refractivity (Wildman–Crippen MR) is 107 cm³/mol. The van der Waals surface area contributed by atoms with Crippen LogP contribution in [0.4, 0.5) is 0 Å². The first-order valence-corrected chi connectivity index (χ1v) is 8.56. The van der Waals surface area contributed by atoms with Crippen molar-refractivity contribution in [3.63, 3.8) is 0 Å². The molecule has 0 aliphatic heterocycles. The molecule has 0 aliphatic rings. The van der Waals surface area contributed by atoms with Crippen LogP contribution in [0.15, 0.2) is 97.1 Å². The summed E-state index contributed by atoms with van der Waals surface area (Å²) in [6.07, 6.45) is 0. The van der Waals surface area contributed by atoms with Gasteiger partial charge in [0.05, 0.1) is 5.69 Å². The molecular weight excluding hydrogens is 302 g/mol. The van der Waals surface area contributed by atoms with E-state index in [0.717, 1.165) is 0 Å². The van der Waals surface area contributed by atoms with Crippen molar-refractivity contribution in [2.45, 2.75) is 0 Å². The molecule has 1 aromatic heterocycles. The number of nitrogens with one attached hydrogen (secondary N) is 1. The van der Waals surface area contributed by atoms with E-state index in [1.165, 1.54) is 44.1 Å². The molecule has 1 N–H and O–H groups in total. The van der Waals surface area contributed by atoms with Gasteiger partial charge in [0.15, 0.2) is 0 Å². The van der Waals surface area contributed by atoms with Crippen LogP contribution in [0.2, 0.25) is 0 Å². The van der Waals surface area contributed by atoms with Crippen LogP contribution in [-0.4, -0.2) is 4.98 Å². The summed E-state index contributed by atoms with van der Waals surface area (Å²) in [5, 5.41) is 3.85. The van der Waals surface area contributed by atoms with Crippen LogP contribution in [0, 0.1) is 0 Å². The van der Waals surface area contributed by atoms with Crippen LogP contribution < -0.4 is 0 Å². The highest BCUT2D eigenvalue weighted by Crippen LogP contribution is 2.41. The van der Waals surface area contributed by atoms with E-state index in [0.29, 0.717) is 0 Å². The van der Waals surface area contributed by atoms with Gasteiger partial charge in [-0.25, -0.2) is 0 Å². The summed E-state index contributed by atoms with van der Waals surface area (Å²) < 4.78 is 0. The third-order valence-corrected chi connectivity index (χ3v) is 4.81. The summed E-state index contributed by atoms with van der Waals surface area (Å²) in [4.78, 5) is 3.67. The molecular formula is C24H17N. The fourth-order valence-electron chi connectivity index (χ4n) is 3.68. The first kappa shape index (κ1) is 14.1. The highest BCUT2D eigenvalue weighted by molar-refractivity contribution is 6.17. The van der Waals surface area contributed by atoms with Gasteiger partial charge in [-0.2, -0.15) is 0 Å². The summed E-state index contributed by atoms with van der Waals surface area (Å²) in [7, 11) is 0. The molecule has 1 nitrogen and oxygen atoms in total. The zero-order valence-corrected chi connectivity index (χ0v) is 13.7. The lowest BCUT2D eigenvalue weighted by molar-refractivity contribution is 1.45. The highest BCUT2D eigenvalue weighted by Gasteiger charge is 2.16. The third-order valence-electron chi connectivity index (χ3n) is 4.81. The normalized spacial score (nSPS) is 11.2. The van der Waals surface area contributed by atoms with Crippen molar-refractivity contribution in [2.75, 3.05) is 0 Å². The van der Waals surface area contributed by atoms with Crippen LogP contribution >= 0.6 is 0 Å². The second-order valence-corrected chi connectivity index (χ2v) is 6.32. The second-order valence-electron chi connectivity index (χ2n) is 6.32. The van der Waals surface area contributed by atoms with Gasteiger partial charge in [-0.1, -0.05) is 91.0 Å². The van der Waals surface area contributed by atoms with Crippen molar-refractivity contribution >= 4 is 21.7 Å². The minimum atomic E-state index is 1.18. The number of fused-ring (bicyclic) bond motifs is 3. The predicted octanol–water partition coefficient (Wildman–Crippen LogP) is 6.66. The summed E-state index contributed by atoms with van der Waals surface area (Å²) in [5.41, 5.74) is 6.08. The lowest BCUT2D eigenvalue weighted by atomic mass is 9.95. The van der Waals surface area contributed by atoms with Gasteiger partial charge in [-0.05, 0) is 28.0 Å². The summed E-state index contributed by atoms with van der Waals surface area (Å²) in [6.45, 7) is 0. The van der Waals surface area contributed by atoms with E-state index in [2.05, 4.69) is 102 Å². The van der Waals surface area contributed by atoms with Gasteiger partial charge in [0.25, 0.3) is 0 Å². The number of rotatable bonds is 2. The molecule has 0 aliphatic carbocycles. The minimum absolute atomic E-state index is 1.18. The van der Waals surface area contributed by atoms with Crippen LogP contribution in [0.5, 0.6) is 0 Å². The fourth-order valence-corrected chi connectivity index (χ4v) is 3.68. The van der Waals surface area contributed by atoms with Crippen LogP contribution in [0.25, 0.3) is 44.1 Å². The van der Waals surface area contributed by atoms with Crippen LogP contribution in [0.3, 0.4) is 0 Å². The van der Waals surface area contributed by atoms with Gasteiger partial charge in [0, 0.05) is 16.5 Å². The zero-order valence-electron chi connectivity index (χ0n) is 13.7. The molecule has 118 valence electrons. The quantitative estimate of drug-likeness (QED) is 0.374. The number of benzene rings is 4. The van der Waals surface area contributed by atoms with Gasteiger partial charge < -0.3 is 4.98 Å². The molecule has 5 aromatic rings. The number of hydrogen-bond acceptors (Lipinski definition) is 0.